The van der Waals surface area contributed by atoms with E-state index in [0.717, 1.165) is 5.56 Å². The molecule has 0 aliphatic heterocycles. The SMILES string of the molecule is CCC[CH2][Sn]([CH2]CCC)([CH2]CCC)[C@@H](C)NC(=O)c1ccccc1. The normalized spacial score (nSPS) is 12.8. The van der Waals surface area contributed by atoms with Crippen molar-refractivity contribution < 1.29 is 4.79 Å². The third-order valence-corrected chi connectivity index (χ3v) is 22.6. The maximum atomic E-state index is 12.6. The maximum absolute atomic E-state index is 12.6. The number of nitrogens with one attached hydrogen (secondary N) is 1. The molecule has 1 amide bonds. The minimum absolute atomic E-state index is 0.119. The van der Waals surface area contributed by atoms with Gasteiger partial charge in [-0.3, -0.25) is 0 Å². The molecule has 0 heterocycles. The molecule has 3 heteroatoms. The molecule has 136 valence electrons. The van der Waals surface area contributed by atoms with E-state index < -0.39 is 18.4 Å². The molecule has 0 aromatic heterocycles. The standard InChI is InChI=1S/C9H10NO.3C4H9.Sn/c1-2-10-9(11)8-6-4-3-5-7-8;3*1-3-4-2;/h2-7H,1H3,(H,10,11);3*1,3-4H2,2H3;. The minimum atomic E-state index is -2.38. The van der Waals surface area contributed by atoms with Gasteiger partial charge in [0.25, 0.3) is 0 Å². The fourth-order valence-electron chi connectivity index (χ4n) is 3.63. The first-order chi connectivity index (χ1) is 11.6. The van der Waals surface area contributed by atoms with Gasteiger partial charge in [0.1, 0.15) is 0 Å². The summed E-state index contributed by atoms with van der Waals surface area (Å²) in [6, 6.07) is 9.70. The molecule has 1 aromatic rings. The van der Waals surface area contributed by atoms with Crippen molar-refractivity contribution in [2.24, 2.45) is 0 Å². The second kappa shape index (κ2) is 11.9. The molecule has 0 saturated carbocycles. The predicted octanol–water partition coefficient (Wildman–Crippen LogP) is 6.19. The van der Waals surface area contributed by atoms with E-state index in [0.29, 0.717) is 4.06 Å². The van der Waals surface area contributed by atoms with Gasteiger partial charge < -0.3 is 0 Å². The Morgan fingerprint density at radius 3 is 1.79 bits per heavy atom. The molecule has 1 atom stereocenters. The monoisotopic (exact) mass is 439 g/mol. The fraction of sp³-hybridized carbons (Fsp3) is 0.667. The molecular formula is C21H37NOSn. The van der Waals surface area contributed by atoms with E-state index in [2.05, 4.69) is 33.0 Å². The van der Waals surface area contributed by atoms with Gasteiger partial charge in [-0.25, -0.2) is 0 Å². The van der Waals surface area contributed by atoms with Gasteiger partial charge in [-0.05, 0) is 0 Å². The summed E-state index contributed by atoms with van der Waals surface area (Å²) in [4.78, 5) is 12.6. The number of hydrogen-bond donors (Lipinski definition) is 1. The predicted molar refractivity (Wildman–Crippen MR) is 108 cm³/mol. The first-order valence-corrected chi connectivity index (χ1v) is 17.7. The van der Waals surface area contributed by atoms with Gasteiger partial charge in [0.2, 0.25) is 0 Å². The van der Waals surface area contributed by atoms with E-state index in [1.165, 1.54) is 51.8 Å². The van der Waals surface area contributed by atoms with Crippen LogP contribution in [0.2, 0.25) is 13.3 Å². The fourth-order valence-corrected chi connectivity index (χ4v) is 19.8. The van der Waals surface area contributed by atoms with Gasteiger partial charge in [-0.1, -0.05) is 0 Å². The number of rotatable bonds is 12. The molecule has 1 N–H and O–H groups in total. The van der Waals surface area contributed by atoms with E-state index in [9.17, 15) is 4.79 Å². The van der Waals surface area contributed by atoms with Crippen LogP contribution >= 0.6 is 0 Å². The molecule has 0 saturated heterocycles. The van der Waals surface area contributed by atoms with Gasteiger partial charge in [0.15, 0.2) is 0 Å². The van der Waals surface area contributed by atoms with Crippen molar-refractivity contribution in [3.63, 3.8) is 0 Å². The number of hydrogen-bond acceptors (Lipinski definition) is 1. The molecule has 0 spiro atoms. The van der Waals surface area contributed by atoms with Gasteiger partial charge in [0, 0.05) is 0 Å². The summed E-state index contributed by atoms with van der Waals surface area (Å²) in [6.07, 6.45) is 7.85. The van der Waals surface area contributed by atoms with Crippen LogP contribution in [0.1, 0.15) is 76.6 Å². The van der Waals surface area contributed by atoms with Gasteiger partial charge >= 0.3 is 154 Å². The van der Waals surface area contributed by atoms with E-state index in [-0.39, 0.29) is 5.91 Å². The Kier molecular flexibility index (Phi) is 10.7. The van der Waals surface area contributed by atoms with E-state index in [1.54, 1.807) is 0 Å². The third-order valence-electron chi connectivity index (χ3n) is 5.39. The number of benzene rings is 1. The topological polar surface area (TPSA) is 29.1 Å². The van der Waals surface area contributed by atoms with Gasteiger partial charge in [0.05, 0.1) is 0 Å². The molecule has 2 nitrogen and oxygen atoms in total. The van der Waals surface area contributed by atoms with Crippen LogP contribution in [0, 0.1) is 0 Å². The summed E-state index contributed by atoms with van der Waals surface area (Å²) >= 11 is -2.38. The quantitative estimate of drug-likeness (QED) is 0.388. The molecule has 0 radical (unpaired) electrons. The zero-order valence-corrected chi connectivity index (χ0v) is 19.1. The van der Waals surface area contributed by atoms with Crippen LogP contribution in [0.5, 0.6) is 0 Å². The van der Waals surface area contributed by atoms with Crippen molar-refractivity contribution in [1.82, 2.24) is 5.32 Å². The van der Waals surface area contributed by atoms with Crippen molar-refractivity contribution in [2.45, 2.75) is 83.6 Å². The van der Waals surface area contributed by atoms with Crippen molar-refractivity contribution in [3.8, 4) is 0 Å². The Morgan fingerprint density at radius 2 is 1.38 bits per heavy atom. The van der Waals surface area contributed by atoms with Crippen LogP contribution in [0.4, 0.5) is 0 Å². The van der Waals surface area contributed by atoms with Crippen LogP contribution < -0.4 is 5.32 Å². The molecule has 24 heavy (non-hydrogen) atoms. The van der Waals surface area contributed by atoms with Crippen molar-refractivity contribution in [3.05, 3.63) is 35.9 Å². The van der Waals surface area contributed by atoms with Crippen LogP contribution in [0.3, 0.4) is 0 Å². The Hall–Kier alpha value is -0.511. The first kappa shape index (κ1) is 21.5. The number of amides is 1. The second-order valence-corrected chi connectivity index (χ2v) is 21.8. The first-order valence-electron chi connectivity index (χ1n) is 9.95. The van der Waals surface area contributed by atoms with Crippen LogP contribution in [-0.4, -0.2) is 28.3 Å². The van der Waals surface area contributed by atoms with Gasteiger partial charge in [-0.15, -0.1) is 0 Å². The van der Waals surface area contributed by atoms with Crippen LogP contribution in [0.15, 0.2) is 30.3 Å². The Labute approximate surface area is 153 Å². The molecule has 0 bridgehead atoms. The average molecular weight is 438 g/mol. The summed E-state index contributed by atoms with van der Waals surface area (Å²) in [5, 5.41) is 3.42. The van der Waals surface area contributed by atoms with Crippen LogP contribution in [0.25, 0.3) is 0 Å². The summed E-state index contributed by atoms with van der Waals surface area (Å²) in [5.41, 5.74) is 0.797. The average Bonchev–Trinajstić information content (AvgIpc) is 2.62. The molecule has 0 fully saturated rings. The zero-order chi connectivity index (χ0) is 17.8. The molecule has 1 rings (SSSR count). The number of carbonyl (C=O) groups excluding carboxylic acids is 1. The van der Waals surface area contributed by atoms with Crippen LogP contribution in [-0.2, 0) is 0 Å². The summed E-state index contributed by atoms with van der Waals surface area (Å²) < 4.78 is 4.72. The van der Waals surface area contributed by atoms with Gasteiger partial charge in [-0.2, -0.15) is 0 Å². The zero-order valence-electron chi connectivity index (χ0n) is 16.2. The molecule has 0 unspecified atom stereocenters. The molecule has 0 aliphatic carbocycles. The van der Waals surface area contributed by atoms with Crippen molar-refractivity contribution in [2.75, 3.05) is 0 Å². The molecule has 0 aliphatic rings. The Bertz CT molecular complexity index is 438. The third kappa shape index (κ3) is 6.78. The van der Waals surface area contributed by atoms with Crippen molar-refractivity contribution >= 4 is 24.3 Å². The van der Waals surface area contributed by atoms with E-state index in [1.807, 2.05) is 30.3 Å². The number of unbranched alkanes of at least 4 members (excludes halogenated alkanes) is 3. The molecule has 1 aromatic carbocycles. The Balaban J connectivity index is 2.89. The van der Waals surface area contributed by atoms with Crippen molar-refractivity contribution in [1.29, 1.82) is 0 Å². The number of carbonyl (C=O) groups is 1. The van der Waals surface area contributed by atoms with E-state index >= 15 is 0 Å². The summed E-state index contributed by atoms with van der Waals surface area (Å²) in [7, 11) is 0. The summed E-state index contributed by atoms with van der Waals surface area (Å²) in [6.45, 7) is 9.20. The Morgan fingerprint density at radius 1 is 0.917 bits per heavy atom. The van der Waals surface area contributed by atoms with E-state index in [4.69, 9.17) is 0 Å². The summed E-state index contributed by atoms with van der Waals surface area (Å²) in [5.74, 6) is 0.119. The molecular weight excluding hydrogens is 401 g/mol. The second-order valence-electron chi connectivity index (χ2n) is 7.23.